The van der Waals surface area contributed by atoms with Gasteiger partial charge in [0.15, 0.2) is 0 Å². The SMILES string of the molecule is O=C(Nc1cccc2c(Br)cccc12)OCc1ccccc1. The van der Waals surface area contributed by atoms with Gasteiger partial charge in [-0.25, -0.2) is 4.79 Å². The number of rotatable bonds is 3. The molecule has 0 spiro atoms. The van der Waals surface area contributed by atoms with Crippen molar-refractivity contribution in [2.75, 3.05) is 5.32 Å². The molecule has 3 aromatic rings. The quantitative estimate of drug-likeness (QED) is 0.687. The van der Waals surface area contributed by atoms with E-state index in [1.165, 1.54) is 0 Å². The summed E-state index contributed by atoms with van der Waals surface area (Å²) in [6.45, 7) is 0.251. The predicted molar refractivity (Wildman–Crippen MR) is 91.9 cm³/mol. The molecule has 0 atom stereocenters. The minimum atomic E-state index is -0.462. The van der Waals surface area contributed by atoms with Crippen molar-refractivity contribution < 1.29 is 9.53 Å². The van der Waals surface area contributed by atoms with Crippen LogP contribution in [-0.4, -0.2) is 6.09 Å². The molecule has 1 amide bonds. The van der Waals surface area contributed by atoms with Crippen LogP contribution in [0.2, 0.25) is 0 Å². The number of nitrogens with one attached hydrogen (secondary N) is 1. The Labute approximate surface area is 137 Å². The molecule has 110 valence electrons. The molecular weight excluding hydrogens is 342 g/mol. The monoisotopic (exact) mass is 355 g/mol. The van der Waals surface area contributed by atoms with E-state index in [9.17, 15) is 4.79 Å². The van der Waals surface area contributed by atoms with E-state index in [0.717, 1.165) is 26.5 Å². The van der Waals surface area contributed by atoms with E-state index in [2.05, 4.69) is 21.2 Å². The predicted octanol–water partition coefficient (Wildman–Crippen LogP) is 5.35. The van der Waals surface area contributed by atoms with Gasteiger partial charge in [-0.3, -0.25) is 5.32 Å². The van der Waals surface area contributed by atoms with E-state index in [4.69, 9.17) is 4.74 Å². The summed E-state index contributed by atoms with van der Waals surface area (Å²) in [5.41, 5.74) is 1.69. The molecule has 0 unspecified atom stereocenters. The van der Waals surface area contributed by atoms with Gasteiger partial charge in [-0.05, 0) is 23.1 Å². The second kappa shape index (κ2) is 6.62. The van der Waals surface area contributed by atoms with Crippen molar-refractivity contribution in [3.8, 4) is 0 Å². The van der Waals surface area contributed by atoms with Crippen LogP contribution in [0.25, 0.3) is 10.8 Å². The summed E-state index contributed by atoms with van der Waals surface area (Å²) in [5, 5.41) is 4.81. The van der Waals surface area contributed by atoms with Gasteiger partial charge >= 0.3 is 6.09 Å². The van der Waals surface area contributed by atoms with Crippen molar-refractivity contribution in [2.24, 2.45) is 0 Å². The fourth-order valence-corrected chi connectivity index (χ4v) is 2.75. The second-order valence-corrected chi connectivity index (χ2v) is 5.68. The number of halogens is 1. The van der Waals surface area contributed by atoms with Crippen molar-refractivity contribution in [3.05, 3.63) is 76.8 Å². The highest BCUT2D eigenvalue weighted by Crippen LogP contribution is 2.29. The lowest BCUT2D eigenvalue weighted by Crippen LogP contribution is -2.13. The fraction of sp³-hybridized carbons (Fsp3) is 0.0556. The third-order valence-corrected chi connectivity index (χ3v) is 4.01. The van der Waals surface area contributed by atoms with Gasteiger partial charge in [-0.1, -0.05) is 70.5 Å². The molecule has 0 saturated carbocycles. The van der Waals surface area contributed by atoms with Crippen LogP contribution in [0, 0.1) is 0 Å². The minimum absolute atomic E-state index is 0.251. The van der Waals surface area contributed by atoms with E-state index in [1.807, 2.05) is 66.7 Å². The first-order chi connectivity index (χ1) is 10.7. The van der Waals surface area contributed by atoms with E-state index < -0.39 is 6.09 Å². The maximum atomic E-state index is 12.0. The minimum Gasteiger partial charge on any atom is -0.444 e. The molecule has 3 aromatic carbocycles. The van der Waals surface area contributed by atoms with Gasteiger partial charge in [0.1, 0.15) is 6.61 Å². The number of carbonyl (C=O) groups is 1. The average molecular weight is 356 g/mol. The molecule has 0 heterocycles. The Kier molecular flexibility index (Phi) is 4.39. The van der Waals surface area contributed by atoms with Crippen LogP contribution >= 0.6 is 15.9 Å². The van der Waals surface area contributed by atoms with Gasteiger partial charge < -0.3 is 4.74 Å². The number of amides is 1. The summed E-state index contributed by atoms with van der Waals surface area (Å²) in [7, 11) is 0. The van der Waals surface area contributed by atoms with Crippen molar-refractivity contribution >= 4 is 38.5 Å². The number of fused-ring (bicyclic) bond motifs is 1. The molecule has 0 bridgehead atoms. The maximum Gasteiger partial charge on any atom is 0.411 e. The number of benzene rings is 3. The number of hydrogen-bond acceptors (Lipinski definition) is 2. The number of anilines is 1. The van der Waals surface area contributed by atoms with Gasteiger partial charge in [0, 0.05) is 9.86 Å². The molecule has 1 N–H and O–H groups in total. The highest BCUT2D eigenvalue weighted by molar-refractivity contribution is 9.10. The van der Waals surface area contributed by atoms with Crippen molar-refractivity contribution in [2.45, 2.75) is 6.61 Å². The van der Waals surface area contributed by atoms with Crippen molar-refractivity contribution in [1.82, 2.24) is 0 Å². The molecule has 0 aromatic heterocycles. The lowest BCUT2D eigenvalue weighted by atomic mass is 10.1. The number of carbonyl (C=O) groups excluding carboxylic acids is 1. The first-order valence-corrected chi connectivity index (χ1v) is 7.68. The molecule has 0 aliphatic heterocycles. The van der Waals surface area contributed by atoms with Crippen LogP contribution in [0.4, 0.5) is 10.5 Å². The molecule has 0 fully saturated rings. The lowest BCUT2D eigenvalue weighted by molar-refractivity contribution is 0.155. The molecule has 0 aliphatic rings. The Morgan fingerprint density at radius 1 is 0.909 bits per heavy atom. The Balaban J connectivity index is 1.73. The Hall–Kier alpha value is -2.33. The molecule has 0 radical (unpaired) electrons. The van der Waals surface area contributed by atoms with Gasteiger partial charge in [0.2, 0.25) is 0 Å². The normalized spacial score (nSPS) is 10.4. The summed E-state index contributed by atoms with van der Waals surface area (Å²) in [4.78, 5) is 12.0. The summed E-state index contributed by atoms with van der Waals surface area (Å²) in [6.07, 6.45) is -0.462. The number of ether oxygens (including phenoxy) is 1. The van der Waals surface area contributed by atoms with Crippen LogP contribution in [0.15, 0.2) is 71.2 Å². The van der Waals surface area contributed by atoms with Gasteiger partial charge in [-0.15, -0.1) is 0 Å². The first-order valence-electron chi connectivity index (χ1n) is 6.89. The summed E-state index contributed by atoms with van der Waals surface area (Å²) < 4.78 is 6.24. The van der Waals surface area contributed by atoms with E-state index in [-0.39, 0.29) is 6.61 Å². The Bertz CT molecular complexity index is 803. The van der Waals surface area contributed by atoms with Crippen LogP contribution in [0.1, 0.15) is 5.56 Å². The molecule has 22 heavy (non-hydrogen) atoms. The highest BCUT2D eigenvalue weighted by Gasteiger charge is 2.08. The smallest absolute Gasteiger partial charge is 0.411 e. The molecule has 0 aliphatic carbocycles. The van der Waals surface area contributed by atoms with Crippen molar-refractivity contribution in [3.63, 3.8) is 0 Å². The molecule has 0 saturated heterocycles. The van der Waals surface area contributed by atoms with Gasteiger partial charge in [0.25, 0.3) is 0 Å². The molecule has 4 heteroatoms. The van der Waals surface area contributed by atoms with E-state index >= 15 is 0 Å². The second-order valence-electron chi connectivity index (χ2n) is 4.83. The topological polar surface area (TPSA) is 38.3 Å². The van der Waals surface area contributed by atoms with Gasteiger partial charge in [0.05, 0.1) is 5.69 Å². The first kappa shape index (κ1) is 14.6. The fourth-order valence-electron chi connectivity index (χ4n) is 2.25. The molecule has 3 rings (SSSR count). The number of hydrogen-bond donors (Lipinski definition) is 1. The maximum absolute atomic E-state index is 12.0. The summed E-state index contributed by atoms with van der Waals surface area (Å²) >= 11 is 3.51. The summed E-state index contributed by atoms with van der Waals surface area (Å²) in [6, 6.07) is 21.2. The van der Waals surface area contributed by atoms with Crippen LogP contribution in [-0.2, 0) is 11.3 Å². The summed E-state index contributed by atoms with van der Waals surface area (Å²) in [5.74, 6) is 0. The van der Waals surface area contributed by atoms with E-state index in [0.29, 0.717) is 0 Å². The zero-order valence-corrected chi connectivity index (χ0v) is 13.3. The molecular formula is C18H14BrNO2. The van der Waals surface area contributed by atoms with Crippen LogP contribution < -0.4 is 5.32 Å². The van der Waals surface area contributed by atoms with Crippen LogP contribution in [0.5, 0.6) is 0 Å². The molecule has 3 nitrogen and oxygen atoms in total. The largest absolute Gasteiger partial charge is 0.444 e. The van der Waals surface area contributed by atoms with Crippen molar-refractivity contribution in [1.29, 1.82) is 0 Å². The third kappa shape index (κ3) is 3.28. The standard InChI is InChI=1S/C18H14BrNO2/c19-16-10-4-9-15-14(16)8-5-11-17(15)20-18(21)22-12-13-6-2-1-3-7-13/h1-11H,12H2,(H,20,21). The third-order valence-electron chi connectivity index (χ3n) is 3.32. The van der Waals surface area contributed by atoms with E-state index in [1.54, 1.807) is 0 Å². The average Bonchev–Trinajstić information content (AvgIpc) is 2.55. The highest BCUT2D eigenvalue weighted by atomic mass is 79.9. The lowest BCUT2D eigenvalue weighted by Gasteiger charge is -2.10. The Morgan fingerprint density at radius 3 is 2.45 bits per heavy atom. The zero-order chi connectivity index (χ0) is 15.4. The van der Waals surface area contributed by atoms with Gasteiger partial charge in [-0.2, -0.15) is 0 Å². The Morgan fingerprint density at radius 2 is 1.64 bits per heavy atom. The zero-order valence-electron chi connectivity index (χ0n) is 11.8. The van der Waals surface area contributed by atoms with Crippen LogP contribution in [0.3, 0.4) is 0 Å².